The minimum atomic E-state index is -4.05. The summed E-state index contributed by atoms with van der Waals surface area (Å²) in [6.45, 7) is 2.27. The second-order valence-corrected chi connectivity index (χ2v) is 9.93. The van der Waals surface area contributed by atoms with Crippen molar-refractivity contribution in [3.8, 4) is 5.75 Å². The van der Waals surface area contributed by atoms with E-state index in [1.54, 1.807) is 24.3 Å². The number of amides is 1. The highest BCUT2D eigenvalue weighted by atomic mass is 79.9. The van der Waals surface area contributed by atoms with E-state index in [-0.39, 0.29) is 21.7 Å². The first-order valence-corrected chi connectivity index (χ1v) is 12.3. The van der Waals surface area contributed by atoms with Crippen molar-refractivity contribution in [2.24, 2.45) is 0 Å². The van der Waals surface area contributed by atoms with E-state index in [1.807, 2.05) is 6.92 Å². The average molecular weight is 524 g/mol. The first kappa shape index (κ1) is 23.0. The minimum Gasteiger partial charge on any atom is -0.494 e. The van der Waals surface area contributed by atoms with Gasteiger partial charge in [-0.2, -0.15) is 0 Å². The molecule has 0 fully saturated rings. The third kappa shape index (κ3) is 5.96. The highest BCUT2D eigenvalue weighted by molar-refractivity contribution is 9.10. The Hall–Kier alpha value is -2.63. The van der Waals surface area contributed by atoms with Gasteiger partial charge in [0.1, 0.15) is 5.75 Å². The third-order valence-corrected chi connectivity index (χ3v) is 7.12. The lowest BCUT2D eigenvalue weighted by Gasteiger charge is -2.07. The lowest BCUT2D eigenvalue weighted by atomic mass is 10.3. The summed E-state index contributed by atoms with van der Waals surface area (Å²) in [6.07, 6.45) is 1.000. The Balaban J connectivity index is 1.68. The van der Waals surface area contributed by atoms with E-state index in [9.17, 15) is 18.0 Å². The van der Waals surface area contributed by atoms with Crippen LogP contribution in [0, 0.1) is 0 Å². The van der Waals surface area contributed by atoms with Crippen LogP contribution in [0.25, 0.3) is 0 Å². The maximum Gasteiger partial charge on any atom is 0.270 e. The summed E-state index contributed by atoms with van der Waals surface area (Å²) >= 11 is 4.30. The zero-order valence-electron chi connectivity index (χ0n) is 16.3. The number of hydrogen-bond donors (Lipinski definition) is 2. The quantitative estimate of drug-likeness (QED) is 0.342. The number of hydrogen-bond acceptors (Lipinski definition) is 7. The predicted octanol–water partition coefficient (Wildman–Crippen LogP) is 3.49. The molecule has 0 saturated carbocycles. The van der Waals surface area contributed by atoms with Crippen molar-refractivity contribution in [3.05, 3.63) is 69.6 Å². The van der Waals surface area contributed by atoms with Crippen molar-refractivity contribution in [2.45, 2.75) is 21.9 Å². The number of benzene rings is 2. The van der Waals surface area contributed by atoms with Gasteiger partial charge >= 0.3 is 0 Å². The van der Waals surface area contributed by atoms with E-state index in [0.29, 0.717) is 18.0 Å². The smallest absolute Gasteiger partial charge is 0.270 e. The molecular formula is C20H18BrN3O5S2. The van der Waals surface area contributed by atoms with Crippen LogP contribution in [0.3, 0.4) is 0 Å². The first-order valence-electron chi connectivity index (χ1n) is 9.05. The van der Waals surface area contributed by atoms with Crippen molar-refractivity contribution < 1.29 is 17.9 Å². The van der Waals surface area contributed by atoms with Gasteiger partial charge in [0, 0.05) is 10.2 Å². The Bertz CT molecular complexity index is 1230. The lowest BCUT2D eigenvalue weighted by Crippen LogP contribution is -2.20. The topological polar surface area (TPSA) is 118 Å². The van der Waals surface area contributed by atoms with E-state index in [2.05, 4.69) is 31.2 Å². The van der Waals surface area contributed by atoms with E-state index >= 15 is 0 Å². The number of aromatic amines is 1. The van der Waals surface area contributed by atoms with Crippen LogP contribution < -0.4 is 15.6 Å². The summed E-state index contributed by atoms with van der Waals surface area (Å²) in [5.74, 6) is 0.229. The number of nitrogens with one attached hydrogen (secondary N) is 2. The van der Waals surface area contributed by atoms with Crippen LogP contribution in [0.2, 0.25) is 0 Å². The number of carbonyl (C=O) groups is 1. The van der Waals surface area contributed by atoms with Crippen molar-refractivity contribution >= 4 is 49.1 Å². The normalized spacial score (nSPS) is 11.2. The molecule has 0 radical (unpaired) electrons. The molecule has 0 aliphatic heterocycles. The zero-order chi connectivity index (χ0) is 22.4. The summed E-state index contributed by atoms with van der Waals surface area (Å²) in [6, 6.07) is 12.9. The molecule has 0 unspecified atom stereocenters. The summed E-state index contributed by atoms with van der Waals surface area (Å²) < 4.78 is 31.7. The highest BCUT2D eigenvalue weighted by Crippen LogP contribution is 2.22. The van der Waals surface area contributed by atoms with Gasteiger partial charge < -0.3 is 15.0 Å². The fraction of sp³-hybridized carbons (Fsp3) is 0.150. The number of nitrogens with zero attached hydrogens (tertiary/aromatic N) is 1. The molecular weight excluding hydrogens is 506 g/mol. The fourth-order valence-electron chi connectivity index (χ4n) is 2.50. The van der Waals surface area contributed by atoms with Gasteiger partial charge in [0.2, 0.25) is 15.7 Å². The van der Waals surface area contributed by atoms with Crippen molar-refractivity contribution in [3.63, 3.8) is 0 Å². The van der Waals surface area contributed by atoms with Gasteiger partial charge in [-0.3, -0.25) is 9.59 Å². The zero-order valence-corrected chi connectivity index (χ0v) is 19.5. The van der Waals surface area contributed by atoms with Gasteiger partial charge in [-0.25, -0.2) is 13.4 Å². The number of rotatable bonds is 8. The Morgan fingerprint density at radius 2 is 1.84 bits per heavy atom. The molecule has 0 spiro atoms. The summed E-state index contributed by atoms with van der Waals surface area (Å²) in [5.41, 5.74) is -0.174. The molecule has 11 heteroatoms. The molecule has 0 aliphatic carbocycles. The van der Waals surface area contributed by atoms with Gasteiger partial charge in [0.25, 0.3) is 5.56 Å². The number of ether oxygens (including phenoxy) is 1. The molecule has 0 aliphatic rings. The molecule has 0 bridgehead atoms. The number of anilines is 1. The highest BCUT2D eigenvalue weighted by Gasteiger charge is 2.22. The molecule has 1 aromatic heterocycles. The monoisotopic (exact) mass is 523 g/mol. The number of sulfone groups is 1. The van der Waals surface area contributed by atoms with Crippen LogP contribution >= 0.6 is 27.7 Å². The number of halogens is 1. The number of thioether (sulfide) groups is 1. The van der Waals surface area contributed by atoms with Crippen molar-refractivity contribution in [1.82, 2.24) is 9.97 Å². The fourth-order valence-corrected chi connectivity index (χ4v) is 4.64. The standard InChI is InChI=1S/C20H18BrN3O5S2/c1-2-29-15-7-9-16(10-8-15)31(27,28)17-11-22-20(24-19(17)26)30-12-18(25)23-14-5-3-13(21)4-6-14/h3-11H,2,12H2,1H3,(H,23,25)(H,22,24,26). The minimum absolute atomic E-state index is 0.00993. The average Bonchev–Trinajstić information content (AvgIpc) is 2.74. The number of carbonyl (C=O) groups excluding carboxylic acids is 1. The Labute approximate surface area is 191 Å². The second kappa shape index (κ2) is 10.1. The predicted molar refractivity (Wildman–Crippen MR) is 121 cm³/mol. The third-order valence-electron chi connectivity index (χ3n) is 3.95. The molecule has 0 saturated heterocycles. The van der Waals surface area contributed by atoms with Crippen LogP contribution in [-0.2, 0) is 14.6 Å². The van der Waals surface area contributed by atoms with Crippen LogP contribution in [0.4, 0.5) is 5.69 Å². The Kier molecular flexibility index (Phi) is 7.52. The maximum atomic E-state index is 12.8. The summed E-state index contributed by atoms with van der Waals surface area (Å²) in [4.78, 5) is 30.3. The first-order chi connectivity index (χ1) is 14.8. The van der Waals surface area contributed by atoms with E-state index in [4.69, 9.17) is 4.74 Å². The molecule has 162 valence electrons. The van der Waals surface area contributed by atoms with E-state index in [0.717, 1.165) is 22.4 Å². The van der Waals surface area contributed by atoms with Crippen LogP contribution in [0.5, 0.6) is 5.75 Å². The Morgan fingerprint density at radius 3 is 2.45 bits per heavy atom. The van der Waals surface area contributed by atoms with Gasteiger partial charge in [-0.15, -0.1) is 0 Å². The van der Waals surface area contributed by atoms with Crippen LogP contribution in [-0.4, -0.2) is 36.7 Å². The molecule has 1 heterocycles. The molecule has 1 amide bonds. The number of aromatic nitrogens is 2. The summed E-state index contributed by atoms with van der Waals surface area (Å²) in [5, 5.41) is 2.86. The van der Waals surface area contributed by atoms with Crippen LogP contribution in [0.1, 0.15) is 6.92 Å². The van der Waals surface area contributed by atoms with Gasteiger partial charge in [-0.1, -0.05) is 27.7 Å². The van der Waals surface area contributed by atoms with Crippen molar-refractivity contribution in [2.75, 3.05) is 17.7 Å². The Morgan fingerprint density at radius 1 is 1.16 bits per heavy atom. The van der Waals surface area contributed by atoms with Crippen LogP contribution in [0.15, 0.2) is 78.9 Å². The molecule has 8 nitrogen and oxygen atoms in total. The molecule has 0 atom stereocenters. The largest absolute Gasteiger partial charge is 0.494 e. The van der Waals surface area contributed by atoms with E-state index < -0.39 is 20.3 Å². The SMILES string of the molecule is CCOc1ccc(S(=O)(=O)c2cnc(SCC(=O)Nc3ccc(Br)cc3)[nH]c2=O)cc1. The lowest BCUT2D eigenvalue weighted by molar-refractivity contribution is -0.113. The van der Waals surface area contributed by atoms with E-state index in [1.165, 1.54) is 24.3 Å². The van der Waals surface area contributed by atoms with Gasteiger partial charge in [0.15, 0.2) is 10.1 Å². The van der Waals surface area contributed by atoms with Crippen molar-refractivity contribution in [1.29, 1.82) is 0 Å². The molecule has 2 aromatic carbocycles. The molecule has 31 heavy (non-hydrogen) atoms. The second-order valence-electron chi connectivity index (χ2n) is 6.13. The summed E-state index contributed by atoms with van der Waals surface area (Å²) in [7, 11) is -4.05. The van der Waals surface area contributed by atoms with Gasteiger partial charge in [0.05, 0.1) is 23.5 Å². The molecule has 3 rings (SSSR count). The molecule has 2 N–H and O–H groups in total. The molecule has 3 aromatic rings. The number of H-pyrrole nitrogens is 1. The van der Waals surface area contributed by atoms with Gasteiger partial charge in [-0.05, 0) is 55.5 Å². The maximum absolute atomic E-state index is 12.8.